The minimum absolute atomic E-state index is 0.185. The first-order chi connectivity index (χ1) is 12.5. The van der Waals surface area contributed by atoms with Crippen LogP contribution < -0.4 is 5.32 Å². The number of amides is 1. The van der Waals surface area contributed by atoms with Gasteiger partial charge >= 0.3 is 0 Å². The molecule has 1 heterocycles. The van der Waals surface area contributed by atoms with Crippen LogP contribution in [0, 0.1) is 17.1 Å². The quantitative estimate of drug-likeness (QED) is 0.864. The highest BCUT2D eigenvalue weighted by Gasteiger charge is 2.26. The summed E-state index contributed by atoms with van der Waals surface area (Å²) >= 11 is 5.95. The number of benzene rings is 2. The van der Waals surface area contributed by atoms with Crippen molar-refractivity contribution in [3.63, 3.8) is 0 Å². The number of halogens is 2. The van der Waals surface area contributed by atoms with Gasteiger partial charge in [0.2, 0.25) is 5.91 Å². The van der Waals surface area contributed by atoms with E-state index in [-0.39, 0.29) is 24.3 Å². The molecule has 2 aromatic rings. The molecule has 1 aliphatic heterocycles. The predicted octanol–water partition coefficient (Wildman–Crippen LogP) is 4.00. The molecule has 0 aromatic heterocycles. The van der Waals surface area contributed by atoms with Crippen LogP contribution in [0.3, 0.4) is 0 Å². The summed E-state index contributed by atoms with van der Waals surface area (Å²) < 4.78 is 13.4. The second-order valence-corrected chi connectivity index (χ2v) is 6.89. The summed E-state index contributed by atoms with van der Waals surface area (Å²) in [6.45, 7) is 1.06. The highest BCUT2D eigenvalue weighted by Crippen LogP contribution is 2.23. The van der Waals surface area contributed by atoms with Gasteiger partial charge < -0.3 is 5.32 Å². The zero-order valence-corrected chi connectivity index (χ0v) is 15.0. The number of rotatable bonds is 5. The van der Waals surface area contributed by atoms with Crippen LogP contribution in [-0.2, 0) is 11.2 Å². The smallest absolute Gasteiger partial charge is 0.238 e. The molecule has 0 bridgehead atoms. The number of nitrogens with zero attached hydrogens (tertiary/aromatic N) is 2. The Bertz CT molecular complexity index is 849. The largest absolute Gasteiger partial charge is 0.324 e. The van der Waals surface area contributed by atoms with Crippen molar-refractivity contribution >= 4 is 23.2 Å². The van der Waals surface area contributed by atoms with Gasteiger partial charge in [0, 0.05) is 11.1 Å². The number of carbonyl (C=O) groups is 1. The SMILES string of the molecule is N#Cc1ccc(Cl)cc1NC(=O)CN1CCC[C@H]1Cc1cccc(F)c1. The van der Waals surface area contributed by atoms with Gasteiger partial charge in [-0.05, 0) is 61.7 Å². The van der Waals surface area contributed by atoms with Gasteiger partial charge in [0.25, 0.3) is 0 Å². The van der Waals surface area contributed by atoms with Gasteiger partial charge in [0.1, 0.15) is 11.9 Å². The van der Waals surface area contributed by atoms with Gasteiger partial charge in [0.15, 0.2) is 0 Å². The molecule has 6 heteroatoms. The summed E-state index contributed by atoms with van der Waals surface area (Å²) in [5.41, 5.74) is 1.73. The highest BCUT2D eigenvalue weighted by molar-refractivity contribution is 6.31. The third-order valence-electron chi connectivity index (χ3n) is 4.58. The fourth-order valence-corrected chi connectivity index (χ4v) is 3.53. The van der Waals surface area contributed by atoms with Crippen molar-refractivity contribution in [3.8, 4) is 6.07 Å². The number of hydrogen-bond acceptors (Lipinski definition) is 3. The first-order valence-corrected chi connectivity index (χ1v) is 8.91. The number of hydrogen-bond donors (Lipinski definition) is 1. The summed E-state index contributed by atoms with van der Waals surface area (Å²) in [6.07, 6.45) is 2.70. The van der Waals surface area contributed by atoms with E-state index in [1.165, 1.54) is 6.07 Å². The Morgan fingerprint density at radius 3 is 2.96 bits per heavy atom. The Hall–Kier alpha value is -2.42. The average Bonchev–Trinajstić information content (AvgIpc) is 3.01. The molecule has 0 unspecified atom stereocenters. The van der Waals surface area contributed by atoms with Crippen molar-refractivity contribution < 1.29 is 9.18 Å². The van der Waals surface area contributed by atoms with Crippen molar-refractivity contribution in [2.45, 2.75) is 25.3 Å². The van der Waals surface area contributed by atoms with E-state index in [9.17, 15) is 9.18 Å². The van der Waals surface area contributed by atoms with E-state index in [0.717, 1.165) is 24.9 Å². The first-order valence-electron chi connectivity index (χ1n) is 8.53. The maximum atomic E-state index is 13.4. The molecule has 1 saturated heterocycles. The number of anilines is 1. The Kier molecular flexibility index (Phi) is 5.87. The Morgan fingerprint density at radius 2 is 2.19 bits per heavy atom. The van der Waals surface area contributed by atoms with Crippen molar-refractivity contribution in [3.05, 3.63) is 64.4 Å². The Balaban J connectivity index is 1.63. The summed E-state index contributed by atoms with van der Waals surface area (Å²) in [5.74, 6) is -0.426. The molecule has 1 aliphatic rings. The molecular weight excluding hydrogens is 353 g/mol. The van der Waals surface area contributed by atoms with Crippen LogP contribution in [-0.4, -0.2) is 29.9 Å². The van der Waals surface area contributed by atoms with Crippen molar-refractivity contribution in [2.75, 3.05) is 18.4 Å². The van der Waals surface area contributed by atoms with Crippen LogP contribution in [0.4, 0.5) is 10.1 Å². The van der Waals surface area contributed by atoms with Crippen LogP contribution in [0.5, 0.6) is 0 Å². The van der Waals surface area contributed by atoms with Gasteiger partial charge in [-0.25, -0.2) is 4.39 Å². The molecule has 1 atom stereocenters. The fourth-order valence-electron chi connectivity index (χ4n) is 3.36. The molecule has 4 nitrogen and oxygen atoms in total. The number of nitrogens with one attached hydrogen (secondary N) is 1. The van der Waals surface area contributed by atoms with E-state index in [0.29, 0.717) is 22.7 Å². The molecule has 2 aromatic carbocycles. The maximum Gasteiger partial charge on any atom is 0.238 e. The second kappa shape index (κ2) is 8.31. The van der Waals surface area contributed by atoms with Gasteiger partial charge in [-0.1, -0.05) is 23.7 Å². The van der Waals surface area contributed by atoms with Crippen LogP contribution >= 0.6 is 11.6 Å². The van der Waals surface area contributed by atoms with Gasteiger partial charge in [0.05, 0.1) is 17.8 Å². The number of carbonyl (C=O) groups excluding carboxylic acids is 1. The monoisotopic (exact) mass is 371 g/mol. The molecule has 134 valence electrons. The lowest BCUT2D eigenvalue weighted by atomic mass is 10.0. The zero-order valence-electron chi connectivity index (χ0n) is 14.2. The molecule has 0 spiro atoms. The average molecular weight is 372 g/mol. The van der Waals surface area contributed by atoms with Crippen molar-refractivity contribution in [1.82, 2.24) is 4.90 Å². The highest BCUT2D eigenvalue weighted by atomic mass is 35.5. The van der Waals surface area contributed by atoms with Crippen LogP contribution in [0.2, 0.25) is 5.02 Å². The summed E-state index contributed by atoms with van der Waals surface area (Å²) in [4.78, 5) is 14.5. The molecule has 1 N–H and O–H groups in total. The predicted molar refractivity (Wildman–Crippen MR) is 99.5 cm³/mol. The molecule has 0 aliphatic carbocycles. The molecule has 3 rings (SSSR count). The normalized spacial score (nSPS) is 17.0. The molecule has 26 heavy (non-hydrogen) atoms. The van der Waals surface area contributed by atoms with E-state index in [1.807, 2.05) is 12.1 Å². The lowest BCUT2D eigenvalue weighted by Gasteiger charge is -2.24. The lowest BCUT2D eigenvalue weighted by molar-refractivity contribution is -0.117. The Labute approximate surface area is 157 Å². The fraction of sp³-hybridized carbons (Fsp3) is 0.300. The van der Waals surface area contributed by atoms with Gasteiger partial charge in [-0.3, -0.25) is 9.69 Å². The van der Waals surface area contributed by atoms with Crippen molar-refractivity contribution in [2.24, 2.45) is 0 Å². The standard InChI is InChI=1S/C20H19ClFN3O/c21-16-7-6-15(12-23)19(11-16)24-20(26)13-25-8-2-5-18(25)10-14-3-1-4-17(22)9-14/h1,3-4,6-7,9,11,18H,2,5,8,10,13H2,(H,24,26)/t18-/m0/s1. The Morgan fingerprint density at radius 1 is 1.35 bits per heavy atom. The molecule has 0 saturated carbocycles. The van der Waals surface area contributed by atoms with E-state index >= 15 is 0 Å². The molecular formula is C20H19ClFN3O. The van der Waals surface area contributed by atoms with E-state index in [4.69, 9.17) is 16.9 Å². The van der Waals surface area contributed by atoms with Crippen molar-refractivity contribution in [1.29, 1.82) is 5.26 Å². The van der Waals surface area contributed by atoms with Crippen LogP contribution in [0.25, 0.3) is 0 Å². The third-order valence-corrected chi connectivity index (χ3v) is 4.82. The molecule has 0 radical (unpaired) electrons. The second-order valence-electron chi connectivity index (χ2n) is 6.45. The van der Waals surface area contributed by atoms with E-state index < -0.39 is 0 Å². The molecule has 1 fully saturated rings. The lowest BCUT2D eigenvalue weighted by Crippen LogP contribution is -2.38. The molecule has 1 amide bonds. The van der Waals surface area contributed by atoms with Gasteiger partial charge in [-0.2, -0.15) is 5.26 Å². The summed E-state index contributed by atoms with van der Waals surface area (Å²) in [6, 6.07) is 13.6. The topological polar surface area (TPSA) is 56.1 Å². The first kappa shape index (κ1) is 18.4. The van der Waals surface area contributed by atoms with E-state index in [2.05, 4.69) is 10.2 Å². The van der Waals surface area contributed by atoms with E-state index in [1.54, 1.807) is 30.3 Å². The summed E-state index contributed by atoms with van der Waals surface area (Å²) in [7, 11) is 0. The summed E-state index contributed by atoms with van der Waals surface area (Å²) in [5, 5.41) is 12.4. The number of nitriles is 1. The zero-order chi connectivity index (χ0) is 18.5. The minimum atomic E-state index is -0.241. The minimum Gasteiger partial charge on any atom is -0.324 e. The maximum absolute atomic E-state index is 13.4. The third kappa shape index (κ3) is 4.60. The van der Waals surface area contributed by atoms with Gasteiger partial charge in [-0.15, -0.1) is 0 Å². The van der Waals surface area contributed by atoms with Crippen LogP contribution in [0.15, 0.2) is 42.5 Å². The van der Waals surface area contributed by atoms with Crippen LogP contribution in [0.1, 0.15) is 24.0 Å². The number of likely N-dealkylation sites (tertiary alicyclic amines) is 1.